The minimum absolute atomic E-state index is 0.0666. The third kappa shape index (κ3) is 1.95. The van der Waals surface area contributed by atoms with Gasteiger partial charge in [0.1, 0.15) is 17.8 Å². The van der Waals surface area contributed by atoms with Gasteiger partial charge >= 0.3 is 5.63 Å². The minimum Gasteiger partial charge on any atom is -0.423 e. The van der Waals surface area contributed by atoms with Crippen molar-refractivity contribution in [3.8, 4) is 11.3 Å². The molecule has 0 saturated carbocycles. The van der Waals surface area contributed by atoms with E-state index in [0.29, 0.717) is 22.3 Å². The number of primary amides is 1. The van der Waals surface area contributed by atoms with Gasteiger partial charge in [-0.15, -0.1) is 0 Å². The smallest absolute Gasteiger partial charge is 0.343 e. The van der Waals surface area contributed by atoms with E-state index in [1.54, 1.807) is 48.5 Å². The van der Waals surface area contributed by atoms with E-state index in [4.69, 9.17) is 20.3 Å². The first-order chi connectivity index (χ1) is 14.9. The molecule has 2 aliphatic rings. The van der Waals surface area contributed by atoms with Crippen LogP contribution in [0, 0.1) is 0 Å². The molecule has 1 aliphatic carbocycles. The summed E-state index contributed by atoms with van der Waals surface area (Å²) in [6.45, 7) is -0.411. The number of rotatable bonds is 2. The zero-order valence-electron chi connectivity index (χ0n) is 15.9. The van der Waals surface area contributed by atoms with E-state index >= 15 is 0 Å². The van der Waals surface area contributed by atoms with Crippen molar-refractivity contribution in [3.63, 3.8) is 0 Å². The van der Waals surface area contributed by atoms with Crippen molar-refractivity contribution in [1.82, 2.24) is 4.98 Å². The van der Waals surface area contributed by atoms with Crippen LogP contribution in [0.5, 0.6) is 0 Å². The van der Waals surface area contributed by atoms with Crippen LogP contribution in [0.15, 0.2) is 62.2 Å². The number of para-hydroxylation sites is 1. The van der Waals surface area contributed by atoms with Crippen molar-refractivity contribution in [2.45, 2.75) is 5.41 Å². The molecule has 4 N–H and O–H groups in total. The van der Waals surface area contributed by atoms with Crippen molar-refractivity contribution in [3.05, 3.63) is 75.8 Å². The largest absolute Gasteiger partial charge is 0.423 e. The summed E-state index contributed by atoms with van der Waals surface area (Å²) in [6, 6.07) is 13.7. The van der Waals surface area contributed by atoms with Crippen LogP contribution in [-0.2, 0) is 15.0 Å². The summed E-state index contributed by atoms with van der Waals surface area (Å²) in [5.41, 5.74) is 10.9. The fraction of sp³-hybridized carbons (Fsp3) is 0.0909. The van der Waals surface area contributed by atoms with Gasteiger partial charge < -0.3 is 25.2 Å². The second-order valence-corrected chi connectivity index (χ2v) is 7.49. The first-order valence-corrected chi connectivity index (χ1v) is 9.48. The Bertz CT molecular complexity index is 1520. The lowest BCUT2D eigenvalue weighted by atomic mass is 9.76. The van der Waals surface area contributed by atoms with E-state index in [1.807, 2.05) is 0 Å². The second kappa shape index (κ2) is 5.60. The lowest BCUT2D eigenvalue weighted by Crippen LogP contribution is -2.45. The molecule has 2 aromatic heterocycles. The number of carbonyl (C=O) groups is 2. The van der Waals surface area contributed by atoms with Crippen LogP contribution in [0.25, 0.3) is 22.3 Å². The Morgan fingerprint density at radius 2 is 1.81 bits per heavy atom. The lowest BCUT2D eigenvalue weighted by molar-refractivity contribution is -0.123. The SMILES string of the molecule is NC(=O)CN1C(=O)C2(c3ccccc3-c3oc(N)nc32)c2c1c1ccccc1oc2=O. The molecule has 9 nitrogen and oxygen atoms in total. The quantitative estimate of drug-likeness (QED) is 0.473. The molecule has 31 heavy (non-hydrogen) atoms. The topological polar surface area (TPSA) is 146 Å². The molecule has 1 aliphatic heterocycles. The van der Waals surface area contributed by atoms with Gasteiger partial charge in [-0.05, 0) is 17.7 Å². The van der Waals surface area contributed by atoms with E-state index in [2.05, 4.69) is 4.98 Å². The van der Waals surface area contributed by atoms with Crippen LogP contribution >= 0.6 is 0 Å². The van der Waals surface area contributed by atoms with Crippen LogP contribution in [0.2, 0.25) is 0 Å². The fourth-order valence-corrected chi connectivity index (χ4v) is 4.84. The molecule has 152 valence electrons. The number of hydrogen-bond donors (Lipinski definition) is 2. The summed E-state index contributed by atoms with van der Waals surface area (Å²) in [6.07, 6.45) is 0. The summed E-state index contributed by atoms with van der Waals surface area (Å²) in [4.78, 5) is 44.8. The van der Waals surface area contributed by atoms with E-state index in [9.17, 15) is 14.4 Å². The van der Waals surface area contributed by atoms with Crippen molar-refractivity contribution >= 4 is 34.5 Å². The summed E-state index contributed by atoms with van der Waals surface area (Å²) in [5.74, 6) is -0.954. The Hall–Kier alpha value is -4.40. The molecule has 0 bridgehead atoms. The van der Waals surface area contributed by atoms with Crippen molar-refractivity contribution in [1.29, 1.82) is 0 Å². The molecule has 0 saturated heterocycles. The summed E-state index contributed by atoms with van der Waals surface area (Å²) >= 11 is 0. The maximum atomic E-state index is 14.1. The molecule has 0 fully saturated rings. The van der Waals surface area contributed by atoms with Gasteiger partial charge in [-0.1, -0.05) is 36.4 Å². The first kappa shape index (κ1) is 17.5. The molecule has 9 heteroatoms. The number of fused-ring (bicyclic) bond motifs is 9. The number of nitrogens with two attached hydrogens (primary N) is 2. The van der Waals surface area contributed by atoms with Crippen LogP contribution in [0.1, 0.15) is 16.8 Å². The third-order valence-corrected chi connectivity index (χ3v) is 5.89. The van der Waals surface area contributed by atoms with Crippen LogP contribution in [-0.4, -0.2) is 23.3 Å². The molecule has 1 unspecified atom stereocenters. The van der Waals surface area contributed by atoms with Crippen molar-refractivity contribution in [2.24, 2.45) is 5.73 Å². The summed E-state index contributed by atoms with van der Waals surface area (Å²) in [7, 11) is 0. The van der Waals surface area contributed by atoms with Gasteiger partial charge in [0.2, 0.25) is 11.8 Å². The Morgan fingerprint density at radius 1 is 1.06 bits per heavy atom. The molecule has 6 rings (SSSR count). The van der Waals surface area contributed by atoms with Crippen molar-refractivity contribution < 1.29 is 18.4 Å². The third-order valence-electron chi connectivity index (χ3n) is 5.89. The number of benzene rings is 2. The molecule has 2 aromatic carbocycles. The van der Waals surface area contributed by atoms with Gasteiger partial charge in [-0.3, -0.25) is 9.59 Å². The number of nitrogen functional groups attached to an aromatic ring is 1. The molecule has 4 aromatic rings. The number of hydrogen-bond acceptors (Lipinski definition) is 7. The van der Waals surface area contributed by atoms with Gasteiger partial charge in [0.25, 0.3) is 6.01 Å². The monoisotopic (exact) mass is 414 g/mol. The average molecular weight is 414 g/mol. The average Bonchev–Trinajstić information content (AvgIpc) is 3.33. The number of amides is 2. The van der Waals surface area contributed by atoms with Gasteiger partial charge in [-0.2, -0.15) is 4.98 Å². The fourth-order valence-electron chi connectivity index (χ4n) is 4.84. The molecule has 1 atom stereocenters. The van der Waals surface area contributed by atoms with Crippen LogP contribution < -0.4 is 22.0 Å². The van der Waals surface area contributed by atoms with Gasteiger partial charge in [-0.25, -0.2) is 4.79 Å². The van der Waals surface area contributed by atoms with Gasteiger partial charge in [0.05, 0.1) is 11.3 Å². The Labute approximate surface area is 173 Å². The Morgan fingerprint density at radius 3 is 2.61 bits per heavy atom. The number of oxazole rings is 1. The molecular weight excluding hydrogens is 400 g/mol. The highest BCUT2D eigenvalue weighted by Crippen LogP contribution is 2.58. The standard InChI is InChI=1S/C22H14N4O5/c23-14(27)9-26-16-11-6-2-4-8-13(11)30-19(28)15(16)22(20(26)29)12-7-3-1-5-10(12)17-18(22)25-21(24)31-17/h1-8H,9H2,(H2,23,27)(H2,24,25). The predicted octanol–water partition coefficient (Wildman–Crippen LogP) is 1.51. The molecule has 1 spiro atoms. The molecule has 3 heterocycles. The predicted molar refractivity (Wildman–Crippen MR) is 110 cm³/mol. The molecule has 0 radical (unpaired) electrons. The van der Waals surface area contributed by atoms with Gasteiger partial charge in [0, 0.05) is 10.9 Å². The lowest BCUT2D eigenvalue weighted by Gasteiger charge is -2.23. The van der Waals surface area contributed by atoms with E-state index in [0.717, 1.165) is 0 Å². The van der Waals surface area contributed by atoms with E-state index in [-0.39, 0.29) is 28.5 Å². The maximum absolute atomic E-state index is 14.1. The Kier molecular flexibility index (Phi) is 3.15. The van der Waals surface area contributed by atoms with E-state index in [1.165, 1.54) is 4.90 Å². The number of nitrogens with zero attached hydrogens (tertiary/aromatic N) is 2. The summed E-state index contributed by atoms with van der Waals surface area (Å²) in [5, 5.41) is 0.506. The highest BCUT2D eigenvalue weighted by molar-refractivity contribution is 6.21. The number of anilines is 2. The molecule has 2 amide bonds. The zero-order valence-corrected chi connectivity index (χ0v) is 15.9. The van der Waals surface area contributed by atoms with E-state index < -0.39 is 29.4 Å². The first-order valence-electron chi connectivity index (χ1n) is 9.48. The second-order valence-electron chi connectivity index (χ2n) is 7.49. The number of carbonyl (C=O) groups excluding carboxylic acids is 2. The highest BCUT2D eigenvalue weighted by atomic mass is 16.4. The van der Waals surface area contributed by atoms with Crippen LogP contribution in [0.4, 0.5) is 11.7 Å². The number of aromatic nitrogens is 1. The minimum atomic E-state index is -1.65. The highest BCUT2D eigenvalue weighted by Gasteiger charge is 2.63. The van der Waals surface area contributed by atoms with Gasteiger partial charge in [0.15, 0.2) is 11.2 Å². The maximum Gasteiger partial charge on any atom is 0.343 e. The zero-order chi connectivity index (χ0) is 21.5. The molecular formula is C22H14N4O5. The Balaban J connectivity index is 1.83. The summed E-state index contributed by atoms with van der Waals surface area (Å²) < 4.78 is 11.2. The van der Waals surface area contributed by atoms with Crippen LogP contribution in [0.3, 0.4) is 0 Å². The normalized spacial score (nSPS) is 18.5. The van der Waals surface area contributed by atoms with Crippen molar-refractivity contribution in [2.75, 3.05) is 17.2 Å².